The van der Waals surface area contributed by atoms with Gasteiger partial charge in [0.2, 0.25) is 5.91 Å². The van der Waals surface area contributed by atoms with E-state index in [9.17, 15) is 9.59 Å². The zero-order chi connectivity index (χ0) is 18.8. The molecule has 0 unspecified atom stereocenters. The molecule has 0 aliphatic carbocycles. The Labute approximate surface area is 178 Å². The summed E-state index contributed by atoms with van der Waals surface area (Å²) in [4.78, 5) is 30.7. The number of aliphatic imine (C=N–C) groups is 1. The molecule has 0 radical (unpaired) electrons. The Morgan fingerprint density at radius 1 is 1.23 bits per heavy atom. The summed E-state index contributed by atoms with van der Waals surface area (Å²) in [5.74, 6) is -1.93. The minimum absolute atomic E-state index is 0.0667. The van der Waals surface area contributed by atoms with E-state index in [1.165, 1.54) is 11.1 Å². The minimum atomic E-state index is -1.04. The Hall–Kier alpha value is -1.65. The molecule has 3 rings (SSSR count). The normalized spacial score (nSPS) is 17.7. The maximum absolute atomic E-state index is 12.8. The van der Waals surface area contributed by atoms with E-state index in [0.29, 0.717) is 11.4 Å². The first kappa shape index (κ1) is 19.1. The molecule has 1 N–H and O–H groups in total. The van der Waals surface area contributed by atoms with Crippen LogP contribution in [-0.4, -0.2) is 23.1 Å². The lowest BCUT2D eigenvalue weighted by atomic mass is 10.1. The molecule has 8 heteroatoms. The second kappa shape index (κ2) is 7.93. The zero-order valence-corrected chi connectivity index (χ0v) is 18.1. The second-order valence-corrected chi connectivity index (χ2v) is 8.10. The van der Waals surface area contributed by atoms with Gasteiger partial charge in [-0.05, 0) is 89.8 Å². The number of aryl methyl sites for hydroxylation is 1. The van der Waals surface area contributed by atoms with Crippen LogP contribution in [0.25, 0.3) is 0 Å². The van der Waals surface area contributed by atoms with E-state index in [-0.39, 0.29) is 5.11 Å². The summed E-state index contributed by atoms with van der Waals surface area (Å²) in [6.07, 6.45) is 1.37. The maximum atomic E-state index is 12.8. The van der Waals surface area contributed by atoms with E-state index in [4.69, 9.17) is 12.2 Å². The molecule has 1 fully saturated rings. The van der Waals surface area contributed by atoms with Crippen LogP contribution in [0.2, 0.25) is 0 Å². The van der Waals surface area contributed by atoms with E-state index in [0.717, 1.165) is 13.6 Å². The van der Waals surface area contributed by atoms with Crippen LogP contribution in [0.3, 0.4) is 0 Å². The lowest BCUT2D eigenvalue weighted by Gasteiger charge is -2.30. The summed E-state index contributed by atoms with van der Waals surface area (Å²) >= 11 is 10.8. The van der Waals surface area contributed by atoms with Crippen LogP contribution in [-0.2, 0) is 9.59 Å². The van der Waals surface area contributed by atoms with Crippen molar-refractivity contribution in [2.24, 2.45) is 10.9 Å². The van der Waals surface area contributed by atoms with Gasteiger partial charge in [-0.25, -0.2) is 0 Å². The highest BCUT2D eigenvalue weighted by Gasteiger charge is 2.38. The Morgan fingerprint density at radius 3 is 2.58 bits per heavy atom. The van der Waals surface area contributed by atoms with Crippen molar-refractivity contribution < 1.29 is 9.59 Å². The number of anilines is 1. The summed E-state index contributed by atoms with van der Waals surface area (Å²) in [7, 11) is 0. The first-order chi connectivity index (χ1) is 12.4. The summed E-state index contributed by atoms with van der Waals surface area (Å²) < 4.78 is 2.01. The molecule has 26 heavy (non-hydrogen) atoms. The van der Waals surface area contributed by atoms with E-state index in [1.54, 1.807) is 24.3 Å². The predicted octanol–water partition coefficient (Wildman–Crippen LogP) is 4.13. The number of thiocarbonyl (C=S) groups is 1. The molecular formula is C18H13BrIN3O2S. The number of carbonyl (C=O) groups excluding carboxylic acids is 2. The number of hydrogen-bond donors (Lipinski definition) is 1. The highest BCUT2D eigenvalue weighted by Crippen LogP contribution is 2.24. The van der Waals surface area contributed by atoms with Gasteiger partial charge in [-0.2, -0.15) is 0 Å². The van der Waals surface area contributed by atoms with Gasteiger partial charge in [0.25, 0.3) is 5.91 Å². The number of hydrogen-bond acceptors (Lipinski definition) is 4. The monoisotopic (exact) mass is 541 g/mol. The summed E-state index contributed by atoms with van der Waals surface area (Å²) in [6, 6.07) is 12.8. The molecule has 1 atom stereocenters. The standard InChI is InChI=1S/C18H13BrIN3O2S/c1-10-8-12(4-7-15(10)20)21-9-14-16(24)22-18(26)23(17(14)25)13-5-2-11(19)3-6-13/h2-9,14H,1H3,(H,22,24,26)/t14-/m0/s1. The second-order valence-electron chi connectivity index (χ2n) is 5.63. The van der Waals surface area contributed by atoms with Gasteiger partial charge in [-0.1, -0.05) is 15.9 Å². The van der Waals surface area contributed by atoms with Crippen LogP contribution in [0, 0.1) is 16.4 Å². The number of nitrogens with one attached hydrogen (secondary N) is 1. The Morgan fingerprint density at radius 2 is 1.92 bits per heavy atom. The Bertz CT molecular complexity index is 931. The molecule has 0 spiro atoms. The summed E-state index contributed by atoms with van der Waals surface area (Å²) in [5.41, 5.74) is 2.36. The van der Waals surface area contributed by atoms with Crippen molar-refractivity contribution in [3.8, 4) is 0 Å². The third kappa shape index (κ3) is 4.02. The molecule has 1 aliphatic heterocycles. The number of amides is 2. The smallest absolute Gasteiger partial charge is 0.251 e. The Kier molecular flexibility index (Phi) is 5.83. The van der Waals surface area contributed by atoms with Crippen molar-refractivity contribution in [3.63, 3.8) is 0 Å². The first-order valence-electron chi connectivity index (χ1n) is 7.61. The maximum Gasteiger partial charge on any atom is 0.251 e. The van der Waals surface area contributed by atoms with Gasteiger partial charge in [-0.15, -0.1) is 0 Å². The lowest BCUT2D eigenvalue weighted by Crippen LogP contribution is -2.58. The van der Waals surface area contributed by atoms with Gasteiger partial charge in [-0.3, -0.25) is 19.5 Å². The van der Waals surface area contributed by atoms with Gasteiger partial charge in [0, 0.05) is 14.3 Å². The quantitative estimate of drug-likeness (QED) is 0.275. The molecule has 0 aromatic heterocycles. The molecule has 1 heterocycles. The third-order valence-electron chi connectivity index (χ3n) is 3.80. The van der Waals surface area contributed by atoms with Gasteiger partial charge in [0.1, 0.15) is 0 Å². The van der Waals surface area contributed by atoms with Crippen LogP contribution in [0.4, 0.5) is 11.4 Å². The fourth-order valence-corrected chi connectivity index (χ4v) is 3.32. The lowest BCUT2D eigenvalue weighted by molar-refractivity contribution is -0.130. The summed E-state index contributed by atoms with van der Waals surface area (Å²) in [5, 5.41) is 2.64. The van der Waals surface area contributed by atoms with Crippen LogP contribution in [0.5, 0.6) is 0 Å². The molecule has 2 aromatic rings. The third-order valence-corrected chi connectivity index (χ3v) is 5.82. The van der Waals surface area contributed by atoms with Crippen molar-refractivity contribution >= 4 is 85.3 Å². The van der Waals surface area contributed by atoms with Gasteiger partial charge < -0.3 is 5.32 Å². The Balaban J connectivity index is 1.88. The number of nitrogens with zero attached hydrogens (tertiary/aromatic N) is 2. The zero-order valence-electron chi connectivity index (χ0n) is 13.6. The fourth-order valence-electron chi connectivity index (χ4n) is 2.43. The molecule has 0 saturated carbocycles. The number of carbonyl (C=O) groups is 2. The van der Waals surface area contributed by atoms with Gasteiger partial charge in [0.05, 0.1) is 11.4 Å². The topological polar surface area (TPSA) is 61.8 Å². The molecule has 2 aromatic carbocycles. The van der Waals surface area contributed by atoms with Crippen LogP contribution in [0.1, 0.15) is 5.56 Å². The van der Waals surface area contributed by atoms with E-state index in [1.807, 2.05) is 25.1 Å². The first-order valence-corrected chi connectivity index (χ1v) is 9.89. The van der Waals surface area contributed by atoms with Crippen LogP contribution < -0.4 is 10.2 Å². The number of halogens is 2. The minimum Gasteiger partial charge on any atom is -0.301 e. The average molecular weight is 542 g/mol. The molecule has 2 amide bonds. The van der Waals surface area contributed by atoms with E-state index in [2.05, 4.69) is 48.8 Å². The van der Waals surface area contributed by atoms with Gasteiger partial charge >= 0.3 is 0 Å². The molecule has 1 saturated heterocycles. The number of benzene rings is 2. The van der Waals surface area contributed by atoms with Crippen molar-refractivity contribution in [2.45, 2.75) is 6.92 Å². The molecule has 5 nitrogen and oxygen atoms in total. The van der Waals surface area contributed by atoms with Gasteiger partial charge in [0.15, 0.2) is 11.0 Å². The van der Waals surface area contributed by atoms with E-state index >= 15 is 0 Å². The van der Waals surface area contributed by atoms with Crippen molar-refractivity contribution in [1.82, 2.24) is 5.32 Å². The average Bonchev–Trinajstić information content (AvgIpc) is 2.59. The largest absolute Gasteiger partial charge is 0.301 e. The highest BCUT2D eigenvalue weighted by atomic mass is 127. The van der Waals surface area contributed by atoms with Crippen molar-refractivity contribution in [1.29, 1.82) is 0 Å². The summed E-state index contributed by atoms with van der Waals surface area (Å²) in [6.45, 7) is 1.98. The predicted molar refractivity (Wildman–Crippen MR) is 118 cm³/mol. The van der Waals surface area contributed by atoms with E-state index < -0.39 is 17.7 Å². The molecule has 132 valence electrons. The fraction of sp³-hybridized carbons (Fsp3) is 0.111. The number of rotatable bonds is 3. The highest BCUT2D eigenvalue weighted by molar-refractivity contribution is 14.1. The molecular weight excluding hydrogens is 529 g/mol. The van der Waals surface area contributed by atoms with Crippen LogP contribution in [0.15, 0.2) is 51.9 Å². The molecule has 0 bridgehead atoms. The molecule has 1 aliphatic rings. The van der Waals surface area contributed by atoms with Crippen LogP contribution >= 0.6 is 50.7 Å². The van der Waals surface area contributed by atoms with Crippen molar-refractivity contribution in [3.05, 3.63) is 56.1 Å². The van der Waals surface area contributed by atoms with Crippen molar-refractivity contribution in [2.75, 3.05) is 4.90 Å². The SMILES string of the molecule is Cc1cc(N=C[C@H]2C(=O)NC(=S)N(c3ccc(Br)cc3)C2=O)ccc1I.